The summed E-state index contributed by atoms with van der Waals surface area (Å²) in [6, 6.07) is 6.75. The highest BCUT2D eigenvalue weighted by Gasteiger charge is 2.34. The van der Waals surface area contributed by atoms with Crippen LogP contribution in [0.15, 0.2) is 36.5 Å². The van der Waals surface area contributed by atoms with Gasteiger partial charge in [-0.15, -0.1) is 0 Å². The first-order valence-corrected chi connectivity index (χ1v) is 11.8. The Hall–Kier alpha value is -3.48. The second-order valence-electron chi connectivity index (χ2n) is 9.43. The molecule has 3 atom stereocenters. The molecule has 192 valence electrons. The zero-order valence-corrected chi connectivity index (χ0v) is 21.4. The molecule has 2 heterocycles. The van der Waals surface area contributed by atoms with Gasteiger partial charge in [0, 0.05) is 36.8 Å². The van der Waals surface area contributed by atoms with Gasteiger partial charge < -0.3 is 19.6 Å². The van der Waals surface area contributed by atoms with Gasteiger partial charge in [-0.05, 0) is 45.3 Å². The third-order valence-corrected chi connectivity index (χ3v) is 6.02. The van der Waals surface area contributed by atoms with Crippen molar-refractivity contribution in [1.29, 1.82) is 0 Å². The predicted molar refractivity (Wildman–Crippen MR) is 134 cm³/mol. The van der Waals surface area contributed by atoms with Crippen LogP contribution in [0.4, 0.5) is 4.39 Å². The number of rotatable bonds is 6. The normalized spacial score (nSPS) is 18.3. The molecule has 8 nitrogen and oxygen atoms in total. The Morgan fingerprint density at radius 2 is 2.08 bits per heavy atom. The number of pyridine rings is 1. The van der Waals surface area contributed by atoms with Gasteiger partial charge in [0.25, 0.3) is 11.8 Å². The van der Waals surface area contributed by atoms with Crippen molar-refractivity contribution in [3.8, 4) is 17.7 Å². The molecule has 0 unspecified atom stereocenters. The van der Waals surface area contributed by atoms with Crippen LogP contribution in [0.25, 0.3) is 0 Å². The molecule has 1 aromatic carbocycles. The van der Waals surface area contributed by atoms with Gasteiger partial charge in [-0.25, -0.2) is 9.37 Å². The number of hydrogen-bond donors (Lipinski definition) is 1. The van der Waals surface area contributed by atoms with Crippen molar-refractivity contribution in [3.63, 3.8) is 0 Å². The van der Waals surface area contributed by atoms with E-state index in [1.165, 1.54) is 23.1 Å². The van der Waals surface area contributed by atoms with E-state index in [9.17, 15) is 19.1 Å². The average Bonchev–Trinajstić information content (AvgIpc) is 2.85. The van der Waals surface area contributed by atoms with E-state index >= 15 is 0 Å². The molecular weight excluding hydrogens is 463 g/mol. The zero-order valence-electron chi connectivity index (χ0n) is 21.4. The summed E-state index contributed by atoms with van der Waals surface area (Å²) in [5.74, 6) is 4.87. The molecule has 2 amide bonds. The lowest BCUT2D eigenvalue weighted by molar-refractivity contribution is 0.0313. The van der Waals surface area contributed by atoms with Crippen LogP contribution in [0, 0.1) is 23.6 Å². The first-order chi connectivity index (χ1) is 17.1. The summed E-state index contributed by atoms with van der Waals surface area (Å²) in [6.07, 6.45) is 1.05. The number of amides is 2. The number of aliphatic hydroxyl groups is 1. The molecule has 0 spiro atoms. The van der Waals surface area contributed by atoms with Crippen LogP contribution in [-0.4, -0.2) is 96.1 Å². The first kappa shape index (κ1) is 27.1. The molecule has 2 aromatic rings. The van der Waals surface area contributed by atoms with E-state index in [2.05, 4.69) is 16.8 Å². The average molecular weight is 497 g/mol. The number of halogens is 1. The van der Waals surface area contributed by atoms with Gasteiger partial charge in [0.1, 0.15) is 17.5 Å². The van der Waals surface area contributed by atoms with Gasteiger partial charge in [0.15, 0.2) is 0 Å². The minimum absolute atomic E-state index is 0.149. The predicted octanol–water partition coefficient (Wildman–Crippen LogP) is 2.13. The molecule has 1 aliphatic heterocycles. The number of likely N-dealkylation sites (N-methyl/N-ethyl adjacent to an activating group) is 1. The lowest BCUT2D eigenvalue weighted by atomic mass is 9.99. The van der Waals surface area contributed by atoms with E-state index in [0.717, 1.165) is 0 Å². The molecule has 0 bridgehead atoms. The van der Waals surface area contributed by atoms with Crippen molar-refractivity contribution >= 4 is 11.8 Å². The van der Waals surface area contributed by atoms with E-state index in [4.69, 9.17) is 4.74 Å². The molecule has 0 aliphatic carbocycles. The SMILES string of the molecule is C[C@@H]1CN([C@H](C)CO)C(=O)c2cc(C#CCN(C)C)cnc2O[C@@H]1CN(C)C(=O)c1cccc(F)c1. The Balaban J connectivity index is 1.93. The molecule has 1 N–H and O–H groups in total. The molecule has 0 radical (unpaired) electrons. The molecule has 0 saturated carbocycles. The molecular formula is C27H33FN4O4. The number of carbonyl (C=O) groups is 2. The van der Waals surface area contributed by atoms with Crippen LogP contribution in [0.2, 0.25) is 0 Å². The number of carbonyl (C=O) groups excluding carboxylic acids is 2. The van der Waals surface area contributed by atoms with Crippen LogP contribution in [0.3, 0.4) is 0 Å². The molecule has 3 rings (SSSR count). The highest BCUT2D eigenvalue weighted by atomic mass is 19.1. The highest BCUT2D eigenvalue weighted by molar-refractivity contribution is 5.97. The molecule has 9 heteroatoms. The van der Waals surface area contributed by atoms with Crippen molar-refractivity contribution in [2.45, 2.75) is 26.0 Å². The Labute approximate surface area is 211 Å². The van der Waals surface area contributed by atoms with Crippen molar-refractivity contribution < 1.29 is 23.8 Å². The number of hydrogen-bond acceptors (Lipinski definition) is 6. The van der Waals surface area contributed by atoms with Crippen molar-refractivity contribution in [2.75, 3.05) is 47.4 Å². The first-order valence-electron chi connectivity index (χ1n) is 11.8. The number of nitrogens with zero attached hydrogens (tertiary/aromatic N) is 4. The quantitative estimate of drug-likeness (QED) is 0.617. The summed E-state index contributed by atoms with van der Waals surface area (Å²) in [6.45, 7) is 4.55. The number of fused-ring (bicyclic) bond motifs is 1. The van der Waals surface area contributed by atoms with Crippen LogP contribution in [0.1, 0.15) is 40.1 Å². The minimum atomic E-state index is -0.508. The summed E-state index contributed by atoms with van der Waals surface area (Å²) in [5.41, 5.74) is 1.07. The number of aliphatic hydroxyl groups excluding tert-OH is 1. The molecule has 1 aliphatic rings. The van der Waals surface area contributed by atoms with E-state index in [1.54, 1.807) is 37.2 Å². The lowest BCUT2D eigenvalue weighted by Gasteiger charge is -2.37. The van der Waals surface area contributed by atoms with Gasteiger partial charge >= 0.3 is 0 Å². The fraction of sp³-hybridized carbons (Fsp3) is 0.444. The van der Waals surface area contributed by atoms with Gasteiger partial charge in [-0.3, -0.25) is 14.5 Å². The van der Waals surface area contributed by atoms with Crippen molar-refractivity contribution in [2.24, 2.45) is 5.92 Å². The third-order valence-electron chi connectivity index (χ3n) is 6.02. The summed E-state index contributed by atoms with van der Waals surface area (Å²) >= 11 is 0. The van der Waals surface area contributed by atoms with Crippen LogP contribution >= 0.6 is 0 Å². The maximum atomic E-state index is 13.6. The fourth-order valence-electron chi connectivity index (χ4n) is 3.88. The number of aromatic nitrogens is 1. The molecule has 0 fully saturated rings. The van der Waals surface area contributed by atoms with E-state index in [1.807, 2.05) is 25.9 Å². The Bertz CT molecular complexity index is 1160. The molecule has 1 aromatic heterocycles. The summed E-state index contributed by atoms with van der Waals surface area (Å²) in [7, 11) is 5.45. The van der Waals surface area contributed by atoms with Gasteiger partial charge in [-0.1, -0.05) is 24.8 Å². The Kier molecular flexibility index (Phi) is 9.02. The van der Waals surface area contributed by atoms with Crippen LogP contribution in [-0.2, 0) is 0 Å². The highest BCUT2D eigenvalue weighted by Crippen LogP contribution is 2.27. The van der Waals surface area contributed by atoms with Crippen molar-refractivity contribution in [3.05, 3.63) is 59.0 Å². The summed E-state index contributed by atoms with van der Waals surface area (Å²) in [5, 5.41) is 9.81. The molecule has 0 saturated heterocycles. The standard InChI is InChI=1S/C27H33FN4O4/c1-18-15-32(19(2)17-33)27(35)23-12-20(8-7-11-30(3)4)14-29-25(23)36-24(18)16-31(5)26(34)21-9-6-10-22(28)13-21/h6,9-10,12-14,18-19,24,33H,11,15-17H2,1-5H3/t18-,19-,24-/m1/s1. The zero-order chi connectivity index (χ0) is 26.4. The van der Waals surface area contributed by atoms with Gasteiger partial charge in [0.2, 0.25) is 5.88 Å². The number of ether oxygens (including phenoxy) is 1. The minimum Gasteiger partial charge on any atom is -0.472 e. The second-order valence-corrected chi connectivity index (χ2v) is 9.43. The Morgan fingerprint density at radius 3 is 2.75 bits per heavy atom. The summed E-state index contributed by atoms with van der Waals surface area (Å²) in [4.78, 5) is 35.8. The van der Waals surface area contributed by atoms with E-state index in [-0.39, 0.29) is 47.9 Å². The lowest BCUT2D eigenvalue weighted by Crippen LogP contribution is -2.50. The maximum Gasteiger partial charge on any atom is 0.259 e. The van der Waals surface area contributed by atoms with Crippen molar-refractivity contribution in [1.82, 2.24) is 19.7 Å². The fourth-order valence-corrected chi connectivity index (χ4v) is 3.88. The molecule has 36 heavy (non-hydrogen) atoms. The van der Waals surface area contributed by atoms with Crippen LogP contribution < -0.4 is 4.74 Å². The largest absolute Gasteiger partial charge is 0.472 e. The monoisotopic (exact) mass is 496 g/mol. The third kappa shape index (κ3) is 6.59. The summed E-state index contributed by atoms with van der Waals surface area (Å²) < 4.78 is 19.9. The van der Waals surface area contributed by atoms with E-state index < -0.39 is 18.0 Å². The second kappa shape index (κ2) is 12.0. The van der Waals surface area contributed by atoms with Gasteiger partial charge in [0.05, 0.1) is 25.7 Å². The topological polar surface area (TPSA) is 86.2 Å². The van der Waals surface area contributed by atoms with Gasteiger partial charge in [-0.2, -0.15) is 0 Å². The maximum absolute atomic E-state index is 13.6. The van der Waals surface area contributed by atoms with E-state index in [0.29, 0.717) is 18.7 Å². The van der Waals surface area contributed by atoms with Crippen LogP contribution in [0.5, 0.6) is 5.88 Å². The Morgan fingerprint density at radius 1 is 1.33 bits per heavy atom. The smallest absolute Gasteiger partial charge is 0.259 e. The number of benzene rings is 1.